The van der Waals surface area contributed by atoms with Crippen molar-refractivity contribution >= 4 is 12.0 Å². The van der Waals surface area contributed by atoms with Crippen LogP contribution in [-0.2, 0) is 4.79 Å². The predicted molar refractivity (Wildman–Crippen MR) is 51.9 cm³/mol. The molecule has 0 saturated carbocycles. The summed E-state index contributed by atoms with van der Waals surface area (Å²) in [7, 11) is 0. The topological polar surface area (TPSA) is 104 Å². The Kier molecular flexibility index (Phi) is 5.62. The van der Waals surface area contributed by atoms with Gasteiger partial charge in [0.15, 0.2) is 0 Å². The molecule has 0 bridgehead atoms. The molecule has 0 aromatic rings. The van der Waals surface area contributed by atoms with E-state index in [0.29, 0.717) is 13.1 Å². The molecule has 0 rings (SSSR count). The molecule has 5 N–H and O–H groups in total. The van der Waals surface area contributed by atoms with Crippen LogP contribution in [0.2, 0.25) is 0 Å². The van der Waals surface area contributed by atoms with Crippen molar-refractivity contribution < 1.29 is 14.7 Å². The molecule has 0 saturated heterocycles. The van der Waals surface area contributed by atoms with Gasteiger partial charge in [0.05, 0.1) is 5.92 Å². The van der Waals surface area contributed by atoms with Crippen molar-refractivity contribution in [2.24, 2.45) is 11.7 Å². The van der Waals surface area contributed by atoms with Gasteiger partial charge in [0.25, 0.3) is 0 Å². The highest BCUT2D eigenvalue weighted by Crippen LogP contribution is 2.01. The Hall–Kier alpha value is -1.30. The lowest BCUT2D eigenvalue weighted by atomic mass is 10.0. The molecule has 0 aromatic carbocycles. The number of carbonyl (C=O) groups excluding carboxylic acids is 1. The third-order valence-electron chi connectivity index (χ3n) is 1.93. The fourth-order valence-electron chi connectivity index (χ4n) is 0.782. The molecule has 2 atom stereocenters. The van der Waals surface area contributed by atoms with Crippen LogP contribution in [0.5, 0.6) is 0 Å². The molecule has 0 heterocycles. The van der Waals surface area contributed by atoms with Gasteiger partial charge < -0.3 is 21.5 Å². The van der Waals surface area contributed by atoms with E-state index in [1.807, 2.05) is 0 Å². The highest BCUT2D eigenvalue weighted by molar-refractivity contribution is 5.76. The third kappa shape index (κ3) is 4.66. The van der Waals surface area contributed by atoms with Gasteiger partial charge >= 0.3 is 12.0 Å². The van der Waals surface area contributed by atoms with E-state index in [1.54, 1.807) is 6.92 Å². The van der Waals surface area contributed by atoms with Crippen molar-refractivity contribution in [1.29, 1.82) is 0 Å². The highest BCUT2D eigenvalue weighted by atomic mass is 16.4. The number of rotatable bonds is 5. The minimum Gasteiger partial charge on any atom is -0.481 e. The Balaban J connectivity index is 3.86. The number of aliphatic carboxylic acids is 1. The Labute approximate surface area is 82.9 Å². The van der Waals surface area contributed by atoms with Crippen LogP contribution in [0.15, 0.2) is 0 Å². The van der Waals surface area contributed by atoms with E-state index < -0.39 is 24.0 Å². The van der Waals surface area contributed by atoms with Gasteiger partial charge in [-0.3, -0.25) is 4.79 Å². The number of carboxylic acids is 1. The van der Waals surface area contributed by atoms with Gasteiger partial charge in [0.2, 0.25) is 0 Å². The van der Waals surface area contributed by atoms with Crippen molar-refractivity contribution in [2.45, 2.75) is 19.9 Å². The molecule has 6 heteroatoms. The molecule has 0 aliphatic rings. The van der Waals surface area contributed by atoms with E-state index in [9.17, 15) is 9.59 Å². The van der Waals surface area contributed by atoms with Gasteiger partial charge in [-0.15, -0.1) is 0 Å². The van der Waals surface area contributed by atoms with Gasteiger partial charge in [-0.05, 0) is 13.8 Å². The first-order valence-electron chi connectivity index (χ1n) is 4.46. The Morgan fingerprint density at radius 1 is 1.43 bits per heavy atom. The summed E-state index contributed by atoms with van der Waals surface area (Å²) < 4.78 is 0. The summed E-state index contributed by atoms with van der Waals surface area (Å²) in [5, 5.41) is 13.6. The van der Waals surface area contributed by atoms with E-state index in [4.69, 9.17) is 10.8 Å². The van der Waals surface area contributed by atoms with Crippen LogP contribution in [0.25, 0.3) is 0 Å². The van der Waals surface area contributed by atoms with Crippen molar-refractivity contribution in [3.63, 3.8) is 0 Å². The maximum atomic E-state index is 11.1. The predicted octanol–water partition coefficient (Wildman–Crippen LogP) is -0.646. The molecule has 0 aliphatic carbocycles. The van der Waals surface area contributed by atoms with E-state index in [1.165, 1.54) is 6.92 Å². The lowest BCUT2D eigenvalue weighted by molar-refractivity contribution is -0.141. The summed E-state index contributed by atoms with van der Waals surface area (Å²) in [5.41, 5.74) is 5.18. The zero-order valence-electron chi connectivity index (χ0n) is 8.41. The molecule has 0 radical (unpaired) electrons. The molecule has 82 valence electrons. The average Bonchev–Trinajstić information content (AvgIpc) is 2.13. The lowest BCUT2D eigenvalue weighted by Crippen LogP contribution is -2.46. The third-order valence-corrected chi connectivity index (χ3v) is 1.93. The first-order valence-corrected chi connectivity index (χ1v) is 4.46. The van der Waals surface area contributed by atoms with Crippen LogP contribution < -0.4 is 16.4 Å². The van der Waals surface area contributed by atoms with Gasteiger partial charge in [-0.25, -0.2) is 4.79 Å². The first-order chi connectivity index (χ1) is 6.49. The van der Waals surface area contributed by atoms with Crippen LogP contribution >= 0.6 is 0 Å². The molecular formula is C8H17N3O3. The first kappa shape index (κ1) is 12.7. The fourth-order valence-corrected chi connectivity index (χ4v) is 0.782. The Morgan fingerprint density at radius 2 is 2.00 bits per heavy atom. The number of amides is 2. The van der Waals surface area contributed by atoms with Gasteiger partial charge in [0, 0.05) is 19.1 Å². The van der Waals surface area contributed by atoms with Gasteiger partial charge in [-0.2, -0.15) is 0 Å². The second-order valence-electron chi connectivity index (χ2n) is 3.10. The molecular weight excluding hydrogens is 186 g/mol. The van der Waals surface area contributed by atoms with Crippen molar-refractivity contribution in [3.05, 3.63) is 0 Å². The fraction of sp³-hybridized carbons (Fsp3) is 0.750. The van der Waals surface area contributed by atoms with Crippen LogP contribution in [0.4, 0.5) is 4.79 Å². The summed E-state index contributed by atoms with van der Waals surface area (Å²) in [6, 6.07) is -0.804. The van der Waals surface area contributed by atoms with E-state index in [2.05, 4.69) is 10.6 Å². The minimum atomic E-state index is -0.934. The zero-order chi connectivity index (χ0) is 11.1. The summed E-state index contributed by atoms with van der Waals surface area (Å²) in [5.74, 6) is -1.55. The summed E-state index contributed by atoms with van der Waals surface area (Å²) in [6.45, 7) is 3.91. The molecule has 14 heavy (non-hydrogen) atoms. The molecule has 2 amide bonds. The Bertz CT molecular complexity index is 208. The smallest absolute Gasteiger partial charge is 0.315 e. The number of nitrogens with one attached hydrogen (secondary N) is 2. The minimum absolute atomic E-state index is 0.357. The average molecular weight is 203 g/mol. The number of urea groups is 1. The van der Waals surface area contributed by atoms with Gasteiger partial charge in [-0.1, -0.05) is 0 Å². The van der Waals surface area contributed by atoms with Crippen molar-refractivity contribution in [1.82, 2.24) is 10.6 Å². The van der Waals surface area contributed by atoms with Crippen LogP contribution in [-0.4, -0.2) is 36.2 Å². The maximum absolute atomic E-state index is 11.1. The van der Waals surface area contributed by atoms with E-state index in [-0.39, 0.29) is 0 Å². The number of hydrogen-bond donors (Lipinski definition) is 4. The van der Waals surface area contributed by atoms with Crippen molar-refractivity contribution in [3.8, 4) is 0 Å². The zero-order valence-corrected chi connectivity index (χ0v) is 8.41. The Morgan fingerprint density at radius 3 is 2.43 bits per heavy atom. The number of nitrogens with two attached hydrogens (primary N) is 1. The standard InChI is InChI=1S/C8H17N3O3/c1-5(7(12)13)6(2)11-8(14)10-4-3-9/h5-6H,3-4,9H2,1-2H3,(H,12,13)(H2,10,11,14). The second kappa shape index (κ2) is 6.20. The monoisotopic (exact) mass is 203 g/mol. The molecule has 0 aliphatic heterocycles. The second-order valence-corrected chi connectivity index (χ2v) is 3.10. The molecule has 0 fully saturated rings. The largest absolute Gasteiger partial charge is 0.481 e. The van der Waals surface area contributed by atoms with Crippen molar-refractivity contribution in [2.75, 3.05) is 13.1 Å². The maximum Gasteiger partial charge on any atom is 0.315 e. The van der Waals surface area contributed by atoms with E-state index >= 15 is 0 Å². The van der Waals surface area contributed by atoms with E-state index in [0.717, 1.165) is 0 Å². The normalized spacial score (nSPS) is 14.2. The van der Waals surface area contributed by atoms with Gasteiger partial charge in [0.1, 0.15) is 0 Å². The molecule has 0 aromatic heterocycles. The summed E-state index contributed by atoms with van der Waals surface area (Å²) in [4.78, 5) is 21.6. The molecule has 6 nitrogen and oxygen atoms in total. The number of carbonyl (C=O) groups is 2. The van der Waals surface area contributed by atoms with Crippen LogP contribution in [0, 0.1) is 5.92 Å². The lowest BCUT2D eigenvalue weighted by Gasteiger charge is -2.17. The quantitative estimate of drug-likeness (QED) is 0.476. The molecule has 0 spiro atoms. The van der Waals surface area contributed by atoms with Crippen LogP contribution in [0.1, 0.15) is 13.8 Å². The number of hydrogen-bond acceptors (Lipinski definition) is 3. The molecule has 2 unspecified atom stereocenters. The SMILES string of the molecule is CC(NC(=O)NCCN)C(C)C(=O)O. The summed E-state index contributed by atoms with van der Waals surface area (Å²) >= 11 is 0. The summed E-state index contributed by atoms with van der Waals surface area (Å²) in [6.07, 6.45) is 0. The number of carboxylic acid groups (broad SMARTS) is 1. The highest BCUT2D eigenvalue weighted by Gasteiger charge is 2.20. The van der Waals surface area contributed by atoms with Crippen LogP contribution in [0.3, 0.4) is 0 Å².